The van der Waals surface area contributed by atoms with Crippen LogP contribution >= 0.6 is 0 Å². The molecule has 116 valence electrons. The largest absolute Gasteiger partial charge is 0.368 e. The molecule has 1 atom stereocenters. The summed E-state index contributed by atoms with van der Waals surface area (Å²) in [6.45, 7) is 3.85. The van der Waals surface area contributed by atoms with E-state index < -0.39 is 0 Å². The highest BCUT2D eigenvalue weighted by molar-refractivity contribution is 5.78. The van der Waals surface area contributed by atoms with Crippen LogP contribution in [0.4, 0.5) is 0 Å². The molecule has 21 heavy (non-hydrogen) atoms. The van der Waals surface area contributed by atoms with Crippen LogP contribution in [-0.4, -0.2) is 53.7 Å². The SMILES string of the molecule is O=C(CN1CCCC1)NCCc1noc(C2CCCO2)n1. The third-order valence-corrected chi connectivity index (χ3v) is 3.93. The Morgan fingerprint density at radius 2 is 2.19 bits per heavy atom. The van der Waals surface area contributed by atoms with Gasteiger partial charge in [-0.3, -0.25) is 9.69 Å². The molecule has 0 radical (unpaired) electrons. The van der Waals surface area contributed by atoms with Crippen LogP contribution in [-0.2, 0) is 16.0 Å². The van der Waals surface area contributed by atoms with E-state index in [1.54, 1.807) is 0 Å². The summed E-state index contributed by atoms with van der Waals surface area (Å²) in [4.78, 5) is 18.3. The first-order valence-electron chi connectivity index (χ1n) is 7.74. The van der Waals surface area contributed by atoms with Gasteiger partial charge in [0.1, 0.15) is 6.10 Å². The Morgan fingerprint density at radius 3 is 2.95 bits per heavy atom. The van der Waals surface area contributed by atoms with E-state index in [1.165, 1.54) is 12.8 Å². The summed E-state index contributed by atoms with van der Waals surface area (Å²) >= 11 is 0. The Balaban J connectivity index is 1.37. The normalized spacial score (nSPS) is 22.8. The molecule has 0 aromatic carbocycles. The molecule has 3 heterocycles. The number of rotatable bonds is 6. The van der Waals surface area contributed by atoms with Gasteiger partial charge in [-0.2, -0.15) is 4.98 Å². The Hall–Kier alpha value is -1.47. The van der Waals surface area contributed by atoms with E-state index in [1.807, 2.05) is 0 Å². The van der Waals surface area contributed by atoms with Crippen LogP contribution < -0.4 is 5.32 Å². The number of carbonyl (C=O) groups excluding carboxylic acids is 1. The van der Waals surface area contributed by atoms with Crippen LogP contribution in [0.25, 0.3) is 0 Å². The molecule has 1 amide bonds. The van der Waals surface area contributed by atoms with Gasteiger partial charge in [0, 0.05) is 19.6 Å². The standard InChI is InChI=1S/C14H22N4O3/c19-13(10-18-7-1-2-8-18)15-6-5-12-16-14(21-17-12)11-4-3-9-20-11/h11H,1-10H2,(H,15,19). The lowest BCUT2D eigenvalue weighted by atomic mass is 10.2. The number of carbonyl (C=O) groups is 1. The molecule has 2 saturated heterocycles. The highest BCUT2D eigenvalue weighted by Gasteiger charge is 2.23. The van der Waals surface area contributed by atoms with Crippen molar-refractivity contribution in [1.82, 2.24) is 20.4 Å². The predicted molar refractivity (Wildman–Crippen MR) is 74.6 cm³/mol. The topological polar surface area (TPSA) is 80.5 Å². The number of hydrogen-bond acceptors (Lipinski definition) is 6. The minimum atomic E-state index is -0.0454. The molecule has 7 nitrogen and oxygen atoms in total. The summed E-state index contributed by atoms with van der Waals surface area (Å²) in [5, 5.41) is 6.84. The Kier molecular flexibility index (Phi) is 4.82. The summed E-state index contributed by atoms with van der Waals surface area (Å²) in [5.74, 6) is 1.26. The Morgan fingerprint density at radius 1 is 1.33 bits per heavy atom. The summed E-state index contributed by atoms with van der Waals surface area (Å²) in [6, 6.07) is 0. The van der Waals surface area contributed by atoms with Crippen molar-refractivity contribution in [2.75, 3.05) is 32.8 Å². The van der Waals surface area contributed by atoms with Crippen LogP contribution in [0.5, 0.6) is 0 Å². The van der Waals surface area contributed by atoms with Crippen molar-refractivity contribution in [2.45, 2.75) is 38.2 Å². The molecule has 1 unspecified atom stereocenters. The average Bonchev–Trinajstić information content (AvgIpc) is 3.21. The van der Waals surface area contributed by atoms with Gasteiger partial charge in [-0.15, -0.1) is 0 Å². The smallest absolute Gasteiger partial charge is 0.255 e. The minimum absolute atomic E-state index is 0.0454. The second-order valence-electron chi connectivity index (χ2n) is 5.63. The first-order chi connectivity index (χ1) is 10.3. The number of aromatic nitrogens is 2. The first-order valence-corrected chi connectivity index (χ1v) is 7.74. The van der Waals surface area contributed by atoms with Gasteiger partial charge in [0.25, 0.3) is 5.89 Å². The van der Waals surface area contributed by atoms with Crippen molar-refractivity contribution in [1.29, 1.82) is 0 Å². The molecule has 0 saturated carbocycles. The monoisotopic (exact) mass is 294 g/mol. The molecular formula is C14H22N4O3. The van der Waals surface area contributed by atoms with Crippen molar-refractivity contribution < 1.29 is 14.1 Å². The summed E-state index contributed by atoms with van der Waals surface area (Å²) in [7, 11) is 0. The molecule has 2 aliphatic rings. The van der Waals surface area contributed by atoms with E-state index in [-0.39, 0.29) is 12.0 Å². The fourth-order valence-corrected chi connectivity index (χ4v) is 2.79. The fourth-order valence-electron chi connectivity index (χ4n) is 2.79. The summed E-state index contributed by atoms with van der Waals surface area (Å²) < 4.78 is 10.7. The molecule has 7 heteroatoms. The molecular weight excluding hydrogens is 272 g/mol. The molecule has 0 aliphatic carbocycles. The van der Waals surface area contributed by atoms with Crippen molar-refractivity contribution in [3.8, 4) is 0 Å². The molecule has 0 bridgehead atoms. The summed E-state index contributed by atoms with van der Waals surface area (Å²) in [6.07, 6.45) is 4.91. The van der Waals surface area contributed by atoms with Gasteiger partial charge in [0.15, 0.2) is 5.82 Å². The third kappa shape index (κ3) is 4.01. The van der Waals surface area contributed by atoms with Gasteiger partial charge in [0.2, 0.25) is 5.91 Å². The van der Waals surface area contributed by atoms with E-state index in [0.717, 1.165) is 32.5 Å². The maximum absolute atomic E-state index is 11.8. The molecule has 1 aromatic heterocycles. The first kappa shape index (κ1) is 14.5. The van der Waals surface area contributed by atoms with Gasteiger partial charge in [-0.25, -0.2) is 0 Å². The molecule has 2 fully saturated rings. The Labute approximate surface area is 124 Å². The van der Waals surface area contributed by atoms with Gasteiger partial charge < -0.3 is 14.6 Å². The highest BCUT2D eigenvalue weighted by Crippen LogP contribution is 2.26. The zero-order valence-corrected chi connectivity index (χ0v) is 12.2. The molecule has 2 aliphatic heterocycles. The van der Waals surface area contributed by atoms with E-state index in [2.05, 4.69) is 20.4 Å². The number of nitrogens with one attached hydrogen (secondary N) is 1. The molecule has 1 N–H and O–H groups in total. The van der Waals surface area contributed by atoms with E-state index in [0.29, 0.717) is 31.2 Å². The van der Waals surface area contributed by atoms with Crippen LogP contribution in [0.15, 0.2) is 4.52 Å². The zero-order valence-electron chi connectivity index (χ0n) is 12.2. The van der Waals surface area contributed by atoms with Gasteiger partial charge >= 0.3 is 0 Å². The van der Waals surface area contributed by atoms with Gasteiger partial charge in [-0.1, -0.05) is 5.16 Å². The van der Waals surface area contributed by atoms with E-state index in [4.69, 9.17) is 9.26 Å². The van der Waals surface area contributed by atoms with Crippen LogP contribution in [0.1, 0.15) is 43.5 Å². The minimum Gasteiger partial charge on any atom is -0.368 e. The summed E-state index contributed by atoms with van der Waals surface area (Å²) in [5.41, 5.74) is 0. The van der Waals surface area contributed by atoms with Gasteiger partial charge in [0.05, 0.1) is 6.54 Å². The number of nitrogens with zero attached hydrogens (tertiary/aromatic N) is 3. The second kappa shape index (κ2) is 7.00. The maximum atomic E-state index is 11.8. The molecule has 0 spiro atoms. The maximum Gasteiger partial charge on any atom is 0.255 e. The third-order valence-electron chi connectivity index (χ3n) is 3.93. The van der Waals surface area contributed by atoms with E-state index >= 15 is 0 Å². The predicted octanol–water partition coefficient (Wildman–Crippen LogP) is 0.676. The average molecular weight is 294 g/mol. The number of ether oxygens (including phenoxy) is 1. The van der Waals surface area contributed by atoms with Crippen LogP contribution in [0.2, 0.25) is 0 Å². The van der Waals surface area contributed by atoms with Crippen LogP contribution in [0, 0.1) is 0 Å². The zero-order chi connectivity index (χ0) is 14.5. The van der Waals surface area contributed by atoms with Crippen molar-refractivity contribution in [3.05, 3.63) is 11.7 Å². The Bertz CT molecular complexity index is 465. The number of likely N-dealkylation sites (tertiary alicyclic amines) is 1. The van der Waals surface area contributed by atoms with Crippen molar-refractivity contribution in [3.63, 3.8) is 0 Å². The fraction of sp³-hybridized carbons (Fsp3) is 0.786. The molecule has 3 rings (SSSR count). The van der Waals surface area contributed by atoms with Crippen LogP contribution in [0.3, 0.4) is 0 Å². The lowest BCUT2D eigenvalue weighted by Gasteiger charge is -2.13. The van der Waals surface area contributed by atoms with Crippen molar-refractivity contribution >= 4 is 5.91 Å². The number of amides is 1. The highest BCUT2D eigenvalue weighted by atomic mass is 16.5. The van der Waals surface area contributed by atoms with Crippen molar-refractivity contribution in [2.24, 2.45) is 0 Å². The second-order valence-corrected chi connectivity index (χ2v) is 5.63. The molecule has 1 aromatic rings. The lowest BCUT2D eigenvalue weighted by molar-refractivity contribution is -0.121. The van der Waals surface area contributed by atoms with E-state index in [9.17, 15) is 4.79 Å². The number of hydrogen-bond donors (Lipinski definition) is 1. The van der Waals surface area contributed by atoms with Gasteiger partial charge in [-0.05, 0) is 38.8 Å². The quantitative estimate of drug-likeness (QED) is 0.831. The lowest BCUT2D eigenvalue weighted by Crippen LogP contribution is -2.36.